The zero-order chi connectivity index (χ0) is 9.80. The molecule has 0 amide bonds. The zero-order valence-electron chi connectivity index (χ0n) is 8.62. The van der Waals surface area contributed by atoms with E-state index in [-0.39, 0.29) is 27.9 Å². The van der Waals surface area contributed by atoms with Crippen LogP contribution >= 0.6 is 0 Å². The first kappa shape index (κ1) is 12.8. The fourth-order valence-electron chi connectivity index (χ4n) is 1.75. The molecule has 1 fully saturated rings. The first-order valence-electron chi connectivity index (χ1n) is 5.10. The lowest BCUT2D eigenvalue weighted by Gasteiger charge is -1.99. The summed E-state index contributed by atoms with van der Waals surface area (Å²) in [6.07, 6.45) is 3.02. The van der Waals surface area contributed by atoms with Gasteiger partial charge in [-0.25, -0.2) is 4.79 Å². The van der Waals surface area contributed by atoms with Gasteiger partial charge in [0.05, 0.1) is 17.3 Å². The third-order valence-corrected chi connectivity index (χ3v) is 4.90. The van der Waals surface area contributed by atoms with E-state index >= 15 is 0 Å². The molecule has 1 heterocycles. The molecule has 1 unspecified atom stereocenters. The van der Waals surface area contributed by atoms with Crippen molar-refractivity contribution in [1.29, 1.82) is 0 Å². The molecule has 0 radical (unpaired) electrons. The summed E-state index contributed by atoms with van der Waals surface area (Å²) in [6, 6.07) is 10.4. The van der Waals surface area contributed by atoms with Gasteiger partial charge in [-0.2, -0.15) is 0 Å². The van der Waals surface area contributed by atoms with Crippen LogP contribution in [0.3, 0.4) is 0 Å². The smallest absolute Gasteiger partial charge is 0.331 e. The van der Waals surface area contributed by atoms with Crippen molar-refractivity contribution >= 4 is 16.0 Å². The molecule has 1 saturated heterocycles. The van der Waals surface area contributed by atoms with Crippen LogP contribution in [0.25, 0.3) is 0 Å². The van der Waals surface area contributed by atoms with Crippen LogP contribution in [-0.2, 0) is 22.1 Å². The van der Waals surface area contributed by atoms with E-state index in [2.05, 4.69) is 24.3 Å². The second-order valence-corrected chi connectivity index (χ2v) is 5.87. The van der Waals surface area contributed by atoms with E-state index in [0.717, 1.165) is 30.8 Å². The number of benzene rings is 1. The van der Waals surface area contributed by atoms with Gasteiger partial charge in [0.25, 0.3) is 0 Å². The Hall–Kier alpha value is -0.280. The van der Waals surface area contributed by atoms with Crippen molar-refractivity contribution in [2.24, 2.45) is 0 Å². The van der Waals surface area contributed by atoms with Crippen LogP contribution in [0.5, 0.6) is 0 Å². The summed E-state index contributed by atoms with van der Waals surface area (Å²) < 4.78 is 0. The van der Waals surface area contributed by atoms with Crippen LogP contribution in [0.2, 0.25) is 0 Å². The molecule has 1 aliphatic rings. The normalized spacial score (nSPS) is 20.0. The third kappa shape index (κ3) is 3.65. The van der Waals surface area contributed by atoms with Crippen LogP contribution in [-0.4, -0.2) is 16.6 Å². The van der Waals surface area contributed by atoms with Crippen molar-refractivity contribution < 1.29 is 21.8 Å². The molecule has 0 spiro atoms. The van der Waals surface area contributed by atoms with Gasteiger partial charge in [0, 0.05) is 12.8 Å². The highest BCUT2D eigenvalue weighted by molar-refractivity contribution is 8.11. The van der Waals surface area contributed by atoms with E-state index in [0.29, 0.717) is 5.12 Å². The Balaban J connectivity index is 0.00000112. The van der Waals surface area contributed by atoms with Crippen LogP contribution in [0.15, 0.2) is 30.3 Å². The van der Waals surface area contributed by atoms with Gasteiger partial charge in [-0.15, -0.1) is 0 Å². The second kappa shape index (κ2) is 6.33. The first-order valence-corrected chi connectivity index (χ1v) is 6.67. The lowest BCUT2D eigenvalue weighted by molar-refractivity contribution is -0.110. The molecule has 1 aromatic carbocycles. The topological polar surface area (TPSA) is 17.1 Å². The Labute approximate surface area is 104 Å². The van der Waals surface area contributed by atoms with Crippen molar-refractivity contribution in [2.45, 2.75) is 19.3 Å². The van der Waals surface area contributed by atoms with Gasteiger partial charge in [-0.1, -0.05) is 30.3 Å². The van der Waals surface area contributed by atoms with Gasteiger partial charge in [0.1, 0.15) is 11.5 Å². The highest BCUT2D eigenvalue weighted by Crippen LogP contribution is 2.16. The molecule has 0 saturated carbocycles. The molecular formula is C12H15BrOS. The summed E-state index contributed by atoms with van der Waals surface area (Å²) in [7, 11) is 0.0886. The molecular weight excluding hydrogens is 272 g/mol. The predicted octanol–water partition coefficient (Wildman–Crippen LogP) is -0.828. The van der Waals surface area contributed by atoms with Gasteiger partial charge in [0.2, 0.25) is 0 Å². The highest BCUT2D eigenvalue weighted by atomic mass is 79.9. The van der Waals surface area contributed by atoms with Crippen LogP contribution in [0.1, 0.15) is 18.4 Å². The molecule has 82 valence electrons. The second-order valence-electron chi connectivity index (χ2n) is 3.61. The molecule has 1 atom stereocenters. The molecule has 0 N–H and O–H groups in total. The average Bonchev–Trinajstić information content (AvgIpc) is 2.63. The minimum absolute atomic E-state index is 0. The van der Waals surface area contributed by atoms with Crippen LogP contribution in [0.4, 0.5) is 0 Å². The summed E-state index contributed by atoms with van der Waals surface area (Å²) in [5, 5.41) is 0.515. The first-order chi connectivity index (χ1) is 6.86. The lowest BCUT2D eigenvalue weighted by atomic mass is 10.2. The highest BCUT2D eigenvalue weighted by Gasteiger charge is 2.33. The van der Waals surface area contributed by atoms with Gasteiger partial charge in [-0.3, -0.25) is 0 Å². The number of aryl methyl sites for hydroxylation is 1. The largest absolute Gasteiger partial charge is 1.00 e. The summed E-state index contributed by atoms with van der Waals surface area (Å²) in [4.78, 5) is 11.4. The van der Waals surface area contributed by atoms with Crippen LogP contribution < -0.4 is 17.0 Å². The molecule has 1 nitrogen and oxygen atoms in total. The number of hydrogen-bond acceptors (Lipinski definition) is 1. The van der Waals surface area contributed by atoms with E-state index < -0.39 is 0 Å². The molecule has 0 aliphatic carbocycles. The average molecular weight is 287 g/mol. The van der Waals surface area contributed by atoms with E-state index in [9.17, 15) is 4.79 Å². The molecule has 1 aromatic rings. The number of carbonyl (C=O) groups is 1. The monoisotopic (exact) mass is 286 g/mol. The summed E-state index contributed by atoms with van der Waals surface area (Å²) in [5.41, 5.74) is 1.36. The van der Waals surface area contributed by atoms with Gasteiger partial charge < -0.3 is 17.0 Å². The Kier molecular flexibility index (Phi) is 5.40. The Bertz CT molecular complexity index is 313. The molecule has 0 bridgehead atoms. The summed E-state index contributed by atoms with van der Waals surface area (Å²) in [6.45, 7) is 0. The maximum atomic E-state index is 11.4. The Morgan fingerprint density at radius 1 is 1.20 bits per heavy atom. The van der Waals surface area contributed by atoms with E-state index in [1.54, 1.807) is 0 Å². The SMILES string of the molecule is O=C1CCC[S+]1CCc1ccccc1.[Br-]. The maximum absolute atomic E-state index is 11.4. The summed E-state index contributed by atoms with van der Waals surface area (Å²) in [5.74, 6) is 2.22. The molecule has 0 aromatic heterocycles. The number of carbonyl (C=O) groups excluding carboxylic acids is 1. The van der Waals surface area contributed by atoms with Crippen molar-refractivity contribution in [3.05, 3.63) is 35.9 Å². The molecule has 3 heteroatoms. The minimum Gasteiger partial charge on any atom is -1.00 e. The Morgan fingerprint density at radius 2 is 1.93 bits per heavy atom. The van der Waals surface area contributed by atoms with Crippen molar-refractivity contribution in [3.8, 4) is 0 Å². The van der Waals surface area contributed by atoms with E-state index in [4.69, 9.17) is 0 Å². The number of rotatable bonds is 3. The van der Waals surface area contributed by atoms with Gasteiger partial charge in [0.15, 0.2) is 0 Å². The predicted molar refractivity (Wildman–Crippen MR) is 61.5 cm³/mol. The fourth-order valence-corrected chi connectivity index (χ4v) is 3.82. The lowest BCUT2D eigenvalue weighted by Crippen LogP contribution is -3.00. The standard InChI is InChI=1S/C12H15OS.BrH/c13-12-7-4-9-14(12)10-8-11-5-2-1-3-6-11;/h1-3,5-6H,4,7-10H2;1H/q+1;/p-1. The number of halogens is 1. The van der Waals surface area contributed by atoms with Crippen molar-refractivity contribution in [1.82, 2.24) is 0 Å². The quantitative estimate of drug-likeness (QED) is 0.663. The molecule has 15 heavy (non-hydrogen) atoms. The van der Waals surface area contributed by atoms with Crippen LogP contribution in [0, 0.1) is 0 Å². The Morgan fingerprint density at radius 3 is 2.53 bits per heavy atom. The third-order valence-electron chi connectivity index (χ3n) is 2.57. The maximum Gasteiger partial charge on any atom is 0.331 e. The van der Waals surface area contributed by atoms with Gasteiger partial charge >= 0.3 is 5.12 Å². The molecule has 2 rings (SSSR count). The molecule has 1 aliphatic heterocycles. The minimum atomic E-state index is 0. The van der Waals surface area contributed by atoms with E-state index in [1.807, 2.05) is 6.07 Å². The van der Waals surface area contributed by atoms with Crippen molar-refractivity contribution in [3.63, 3.8) is 0 Å². The van der Waals surface area contributed by atoms with Gasteiger partial charge in [-0.05, 0) is 5.56 Å². The zero-order valence-corrected chi connectivity index (χ0v) is 11.0. The van der Waals surface area contributed by atoms with Crippen molar-refractivity contribution in [2.75, 3.05) is 11.5 Å². The summed E-state index contributed by atoms with van der Waals surface area (Å²) >= 11 is 0. The fraction of sp³-hybridized carbons (Fsp3) is 0.417. The number of hydrogen-bond donors (Lipinski definition) is 0. The van der Waals surface area contributed by atoms with E-state index in [1.165, 1.54) is 5.56 Å².